The zero-order valence-electron chi connectivity index (χ0n) is 9.40. The van der Waals surface area contributed by atoms with Crippen LogP contribution in [-0.4, -0.2) is 28.6 Å². The minimum absolute atomic E-state index is 0.116. The Bertz CT molecular complexity index is 411. The first kappa shape index (κ1) is 12.0. The van der Waals surface area contributed by atoms with E-state index in [4.69, 9.17) is 0 Å². The maximum absolute atomic E-state index is 12.8. The van der Waals surface area contributed by atoms with E-state index < -0.39 is 5.95 Å². The summed E-state index contributed by atoms with van der Waals surface area (Å²) in [5.41, 5.74) is 0.255. The number of hydrogen-bond donors (Lipinski definition) is 2. The van der Waals surface area contributed by atoms with E-state index in [1.54, 1.807) is 0 Å². The lowest BCUT2D eigenvalue weighted by Crippen LogP contribution is -2.32. The fourth-order valence-electron chi connectivity index (χ4n) is 2.12. The third-order valence-corrected chi connectivity index (χ3v) is 3.13. The Kier molecular flexibility index (Phi) is 3.68. The molecular formula is C12H15FN2O2. The second-order valence-electron chi connectivity index (χ2n) is 4.34. The Hall–Kier alpha value is -1.49. The summed E-state index contributed by atoms with van der Waals surface area (Å²) < 4.78 is 12.8. The van der Waals surface area contributed by atoms with Crippen LogP contribution < -0.4 is 5.32 Å². The molecule has 2 atom stereocenters. The standard InChI is InChI=1S/C12H15FN2O2/c13-11-6-8(4-5-14-11)12(17)15-7-9-2-1-3-10(9)16/h4-6,9-10,16H,1-3,7H2,(H,15,17). The summed E-state index contributed by atoms with van der Waals surface area (Å²) in [7, 11) is 0. The summed E-state index contributed by atoms with van der Waals surface area (Å²) in [6, 6.07) is 2.56. The highest BCUT2D eigenvalue weighted by Crippen LogP contribution is 2.24. The van der Waals surface area contributed by atoms with E-state index in [0.29, 0.717) is 6.54 Å². The van der Waals surface area contributed by atoms with Crippen molar-refractivity contribution in [3.8, 4) is 0 Å². The zero-order valence-corrected chi connectivity index (χ0v) is 9.40. The van der Waals surface area contributed by atoms with Crippen LogP contribution in [0.5, 0.6) is 0 Å². The number of pyridine rings is 1. The summed E-state index contributed by atoms with van der Waals surface area (Å²) in [4.78, 5) is 15.1. The lowest BCUT2D eigenvalue weighted by Gasteiger charge is -2.14. The summed E-state index contributed by atoms with van der Waals surface area (Å²) in [5.74, 6) is -0.880. The van der Waals surface area contributed by atoms with Crippen LogP contribution in [0.25, 0.3) is 0 Å². The molecule has 1 aromatic rings. The number of aliphatic hydroxyl groups is 1. The van der Waals surface area contributed by atoms with Crippen LogP contribution in [0.15, 0.2) is 18.3 Å². The lowest BCUT2D eigenvalue weighted by molar-refractivity contribution is 0.0916. The molecule has 1 heterocycles. The maximum Gasteiger partial charge on any atom is 0.251 e. The molecule has 0 spiro atoms. The van der Waals surface area contributed by atoms with Gasteiger partial charge in [0.1, 0.15) is 0 Å². The fraction of sp³-hybridized carbons (Fsp3) is 0.500. The third kappa shape index (κ3) is 3.00. The molecule has 1 aromatic heterocycles. The molecule has 17 heavy (non-hydrogen) atoms. The van der Waals surface area contributed by atoms with Crippen LogP contribution >= 0.6 is 0 Å². The van der Waals surface area contributed by atoms with Gasteiger partial charge in [-0.1, -0.05) is 6.42 Å². The van der Waals surface area contributed by atoms with Crippen molar-refractivity contribution in [3.63, 3.8) is 0 Å². The highest BCUT2D eigenvalue weighted by atomic mass is 19.1. The largest absolute Gasteiger partial charge is 0.393 e. The Labute approximate surface area is 98.9 Å². The van der Waals surface area contributed by atoms with Crippen LogP contribution in [0, 0.1) is 11.9 Å². The molecule has 0 aromatic carbocycles. The number of halogens is 1. The predicted octanol–water partition coefficient (Wildman–Crippen LogP) is 1.11. The van der Waals surface area contributed by atoms with Crippen molar-refractivity contribution in [3.05, 3.63) is 29.8 Å². The van der Waals surface area contributed by atoms with E-state index in [-0.39, 0.29) is 23.5 Å². The minimum Gasteiger partial charge on any atom is -0.393 e. The van der Waals surface area contributed by atoms with Gasteiger partial charge in [-0.25, -0.2) is 4.98 Å². The van der Waals surface area contributed by atoms with Gasteiger partial charge in [0.15, 0.2) is 0 Å². The van der Waals surface area contributed by atoms with Gasteiger partial charge < -0.3 is 10.4 Å². The number of aliphatic hydroxyl groups excluding tert-OH is 1. The SMILES string of the molecule is O=C(NCC1CCCC1O)c1ccnc(F)c1. The number of nitrogens with one attached hydrogen (secondary N) is 1. The predicted molar refractivity (Wildman–Crippen MR) is 59.9 cm³/mol. The molecular weight excluding hydrogens is 223 g/mol. The second-order valence-corrected chi connectivity index (χ2v) is 4.34. The summed E-state index contributed by atoms with van der Waals surface area (Å²) in [6.07, 6.45) is 3.64. The van der Waals surface area contributed by atoms with Crippen molar-refractivity contribution in [2.75, 3.05) is 6.54 Å². The van der Waals surface area contributed by atoms with Crippen molar-refractivity contribution < 1.29 is 14.3 Å². The van der Waals surface area contributed by atoms with E-state index in [9.17, 15) is 14.3 Å². The Morgan fingerprint density at radius 1 is 1.59 bits per heavy atom. The first-order chi connectivity index (χ1) is 8.16. The third-order valence-electron chi connectivity index (χ3n) is 3.13. The molecule has 4 nitrogen and oxygen atoms in total. The van der Waals surface area contributed by atoms with E-state index in [1.165, 1.54) is 12.3 Å². The van der Waals surface area contributed by atoms with Crippen LogP contribution in [-0.2, 0) is 0 Å². The molecule has 0 bridgehead atoms. The monoisotopic (exact) mass is 238 g/mol. The van der Waals surface area contributed by atoms with Crippen LogP contribution in [0.1, 0.15) is 29.6 Å². The molecule has 2 unspecified atom stereocenters. The van der Waals surface area contributed by atoms with Crippen LogP contribution in [0.3, 0.4) is 0 Å². The first-order valence-electron chi connectivity index (χ1n) is 5.74. The quantitative estimate of drug-likeness (QED) is 0.775. The van der Waals surface area contributed by atoms with Gasteiger partial charge in [0, 0.05) is 30.3 Å². The number of hydrogen-bond acceptors (Lipinski definition) is 3. The molecule has 2 N–H and O–H groups in total. The molecule has 5 heteroatoms. The smallest absolute Gasteiger partial charge is 0.251 e. The van der Waals surface area contributed by atoms with Gasteiger partial charge in [0.25, 0.3) is 5.91 Å². The number of amides is 1. The van der Waals surface area contributed by atoms with Gasteiger partial charge in [-0.3, -0.25) is 4.79 Å². The van der Waals surface area contributed by atoms with Crippen molar-refractivity contribution in [2.24, 2.45) is 5.92 Å². The molecule has 1 fully saturated rings. The van der Waals surface area contributed by atoms with Crippen LogP contribution in [0.2, 0.25) is 0 Å². The zero-order chi connectivity index (χ0) is 12.3. The first-order valence-corrected chi connectivity index (χ1v) is 5.74. The highest BCUT2D eigenvalue weighted by molar-refractivity contribution is 5.93. The molecule has 1 aliphatic rings. The van der Waals surface area contributed by atoms with E-state index >= 15 is 0 Å². The van der Waals surface area contributed by atoms with E-state index in [1.807, 2.05) is 0 Å². The average Bonchev–Trinajstić information content (AvgIpc) is 2.72. The van der Waals surface area contributed by atoms with Gasteiger partial charge in [0.2, 0.25) is 5.95 Å². The maximum atomic E-state index is 12.8. The normalized spacial score (nSPS) is 23.6. The van der Waals surface area contributed by atoms with Crippen LogP contribution in [0.4, 0.5) is 4.39 Å². The van der Waals surface area contributed by atoms with Gasteiger partial charge in [-0.15, -0.1) is 0 Å². The highest BCUT2D eigenvalue weighted by Gasteiger charge is 2.25. The van der Waals surface area contributed by atoms with Gasteiger partial charge in [0.05, 0.1) is 6.10 Å². The van der Waals surface area contributed by atoms with Gasteiger partial charge in [-0.2, -0.15) is 4.39 Å². The fourth-order valence-corrected chi connectivity index (χ4v) is 2.12. The number of nitrogens with zero attached hydrogens (tertiary/aromatic N) is 1. The van der Waals surface area contributed by atoms with E-state index in [0.717, 1.165) is 25.3 Å². The number of aromatic nitrogens is 1. The average molecular weight is 238 g/mol. The molecule has 2 rings (SSSR count). The van der Waals surface area contributed by atoms with Gasteiger partial charge in [-0.05, 0) is 18.9 Å². The molecule has 0 aliphatic heterocycles. The lowest BCUT2D eigenvalue weighted by atomic mass is 10.1. The second kappa shape index (κ2) is 5.23. The van der Waals surface area contributed by atoms with Crippen molar-refractivity contribution >= 4 is 5.91 Å². The summed E-state index contributed by atoms with van der Waals surface area (Å²) in [6.45, 7) is 0.434. The summed E-state index contributed by atoms with van der Waals surface area (Å²) in [5, 5.41) is 12.3. The molecule has 1 aliphatic carbocycles. The van der Waals surface area contributed by atoms with Crippen molar-refractivity contribution in [1.82, 2.24) is 10.3 Å². The van der Waals surface area contributed by atoms with Gasteiger partial charge >= 0.3 is 0 Å². The molecule has 0 saturated heterocycles. The Balaban J connectivity index is 1.89. The van der Waals surface area contributed by atoms with E-state index in [2.05, 4.69) is 10.3 Å². The molecule has 0 radical (unpaired) electrons. The molecule has 1 saturated carbocycles. The number of carbonyl (C=O) groups excluding carboxylic acids is 1. The number of carbonyl (C=O) groups is 1. The Morgan fingerprint density at radius 3 is 3.06 bits per heavy atom. The van der Waals surface area contributed by atoms with Crippen molar-refractivity contribution in [2.45, 2.75) is 25.4 Å². The Morgan fingerprint density at radius 2 is 2.41 bits per heavy atom. The van der Waals surface area contributed by atoms with Crippen molar-refractivity contribution in [1.29, 1.82) is 0 Å². The molecule has 1 amide bonds. The molecule has 92 valence electrons. The minimum atomic E-state index is -0.668. The topological polar surface area (TPSA) is 62.2 Å². The number of rotatable bonds is 3. The summed E-state index contributed by atoms with van der Waals surface area (Å²) >= 11 is 0.